The van der Waals surface area contributed by atoms with Gasteiger partial charge in [0, 0.05) is 13.6 Å². The molecule has 0 bridgehead atoms. The van der Waals surface area contributed by atoms with Crippen LogP contribution in [0.3, 0.4) is 0 Å². The molecule has 0 radical (unpaired) electrons. The minimum Gasteiger partial charge on any atom is -0.385 e. The molecule has 1 saturated carbocycles. The van der Waals surface area contributed by atoms with Crippen LogP contribution in [0.15, 0.2) is 18.2 Å². The first kappa shape index (κ1) is 14.8. The van der Waals surface area contributed by atoms with Crippen molar-refractivity contribution in [2.45, 2.75) is 39.0 Å². The maximum Gasteiger partial charge on any atom is 0.253 e. The molecular formula is C16H23FN2O. The first-order chi connectivity index (χ1) is 9.62. The lowest BCUT2D eigenvalue weighted by Crippen LogP contribution is -2.36. The monoisotopic (exact) mass is 278 g/mol. The van der Waals surface area contributed by atoms with E-state index in [1.165, 1.54) is 31.7 Å². The molecule has 0 heterocycles. The van der Waals surface area contributed by atoms with Crippen molar-refractivity contribution < 1.29 is 9.18 Å². The highest BCUT2D eigenvalue weighted by molar-refractivity contribution is 5.99. The SMILES string of the molecule is CCC1(CNC(=O)c2cccc(F)c2NC)CCCC1. The van der Waals surface area contributed by atoms with Crippen LogP contribution in [0.5, 0.6) is 0 Å². The normalized spacial score (nSPS) is 16.9. The lowest BCUT2D eigenvalue weighted by atomic mass is 9.83. The quantitative estimate of drug-likeness (QED) is 0.864. The number of amides is 1. The largest absolute Gasteiger partial charge is 0.385 e. The van der Waals surface area contributed by atoms with Crippen LogP contribution in [-0.4, -0.2) is 19.5 Å². The molecule has 1 aliphatic carbocycles. The van der Waals surface area contributed by atoms with Gasteiger partial charge in [0.2, 0.25) is 0 Å². The van der Waals surface area contributed by atoms with E-state index in [4.69, 9.17) is 0 Å². The number of carbonyl (C=O) groups is 1. The summed E-state index contributed by atoms with van der Waals surface area (Å²) in [6, 6.07) is 4.57. The molecule has 0 saturated heterocycles. The van der Waals surface area contributed by atoms with E-state index < -0.39 is 5.82 Å². The number of anilines is 1. The summed E-state index contributed by atoms with van der Waals surface area (Å²) in [5.41, 5.74) is 0.877. The first-order valence-corrected chi connectivity index (χ1v) is 7.36. The maximum atomic E-state index is 13.7. The zero-order valence-corrected chi connectivity index (χ0v) is 12.3. The molecule has 1 amide bonds. The molecule has 0 aliphatic heterocycles. The van der Waals surface area contributed by atoms with Crippen LogP contribution in [0.25, 0.3) is 0 Å². The van der Waals surface area contributed by atoms with Crippen LogP contribution in [0.4, 0.5) is 10.1 Å². The van der Waals surface area contributed by atoms with Crippen LogP contribution in [-0.2, 0) is 0 Å². The molecule has 110 valence electrons. The summed E-state index contributed by atoms with van der Waals surface area (Å²) in [6.45, 7) is 2.86. The zero-order valence-electron chi connectivity index (χ0n) is 12.3. The number of para-hydroxylation sites is 1. The molecule has 3 nitrogen and oxygen atoms in total. The van der Waals surface area contributed by atoms with Crippen molar-refractivity contribution in [3.63, 3.8) is 0 Å². The highest BCUT2D eigenvalue weighted by Gasteiger charge is 2.32. The summed E-state index contributed by atoms with van der Waals surface area (Å²) in [5.74, 6) is -0.597. The Kier molecular flexibility index (Phi) is 4.63. The van der Waals surface area contributed by atoms with Crippen LogP contribution < -0.4 is 10.6 Å². The summed E-state index contributed by atoms with van der Waals surface area (Å²) in [4.78, 5) is 12.3. The Balaban J connectivity index is 2.07. The number of benzene rings is 1. The van der Waals surface area contributed by atoms with Crippen molar-refractivity contribution in [2.24, 2.45) is 5.41 Å². The van der Waals surface area contributed by atoms with Gasteiger partial charge < -0.3 is 10.6 Å². The predicted octanol–water partition coefficient (Wildman–Crippen LogP) is 3.57. The van der Waals surface area contributed by atoms with E-state index in [9.17, 15) is 9.18 Å². The smallest absolute Gasteiger partial charge is 0.253 e. The molecule has 1 fully saturated rings. The number of hydrogen-bond donors (Lipinski definition) is 2. The van der Waals surface area contributed by atoms with Gasteiger partial charge in [-0.2, -0.15) is 0 Å². The lowest BCUT2D eigenvalue weighted by molar-refractivity contribution is 0.0929. The second-order valence-corrected chi connectivity index (χ2v) is 5.66. The molecule has 20 heavy (non-hydrogen) atoms. The average Bonchev–Trinajstić information content (AvgIpc) is 2.94. The van der Waals surface area contributed by atoms with Gasteiger partial charge in [0.25, 0.3) is 5.91 Å². The van der Waals surface area contributed by atoms with E-state index in [1.54, 1.807) is 19.2 Å². The van der Waals surface area contributed by atoms with Crippen molar-refractivity contribution in [3.05, 3.63) is 29.6 Å². The average molecular weight is 278 g/mol. The third-order valence-corrected chi connectivity index (χ3v) is 4.55. The number of rotatable bonds is 5. The number of nitrogens with one attached hydrogen (secondary N) is 2. The fraction of sp³-hybridized carbons (Fsp3) is 0.562. The summed E-state index contributed by atoms with van der Waals surface area (Å²) in [7, 11) is 1.62. The highest BCUT2D eigenvalue weighted by atomic mass is 19.1. The lowest BCUT2D eigenvalue weighted by Gasteiger charge is -2.27. The van der Waals surface area contributed by atoms with Gasteiger partial charge in [0.1, 0.15) is 5.82 Å². The third-order valence-electron chi connectivity index (χ3n) is 4.55. The Morgan fingerprint density at radius 3 is 2.65 bits per heavy atom. The second-order valence-electron chi connectivity index (χ2n) is 5.66. The fourth-order valence-electron chi connectivity index (χ4n) is 3.11. The minimum absolute atomic E-state index is 0.200. The van der Waals surface area contributed by atoms with Crippen LogP contribution in [0.1, 0.15) is 49.4 Å². The molecule has 0 atom stereocenters. The van der Waals surface area contributed by atoms with Crippen LogP contribution in [0.2, 0.25) is 0 Å². The molecule has 1 aliphatic rings. The van der Waals surface area contributed by atoms with Gasteiger partial charge in [-0.3, -0.25) is 4.79 Å². The number of halogens is 1. The van der Waals surface area contributed by atoms with Gasteiger partial charge in [0.05, 0.1) is 11.3 Å². The van der Waals surface area contributed by atoms with Crippen molar-refractivity contribution >= 4 is 11.6 Å². The van der Waals surface area contributed by atoms with Gasteiger partial charge in [-0.25, -0.2) is 4.39 Å². The molecule has 1 aromatic rings. The van der Waals surface area contributed by atoms with E-state index in [0.29, 0.717) is 12.1 Å². The Morgan fingerprint density at radius 1 is 1.35 bits per heavy atom. The third kappa shape index (κ3) is 2.94. The maximum absolute atomic E-state index is 13.7. The van der Waals surface area contributed by atoms with E-state index >= 15 is 0 Å². The molecule has 2 N–H and O–H groups in total. The summed E-state index contributed by atoms with van der Waals surface area (Å²) >= 11 is 0. The standard InChI is InChI=1S/C16H23FN2O/c1-3-16(9-4-5-10-16)11-19-15(20)12-7-6-8-13(17)14(12)18-2/h6-8,18H,3-5,9-11H2,1-2H3,(H,19,20). The Labute approximate surface area is 120 Å². The highest BCUT2D eigenvalue weighted by Crippen LogP contribution is 2.40. The summed E-state index contributed by atoms with van der Waals surface area (Å²) < 4.78 is 13.7. The van der Waals surface area contributed by atoms with E-state index in [1.807, 2.05) is 0 Å². The molecule has 1 aromatic carbocycles. The Hall–Kier alpha value is -1.58. The molecule has 0 spiro atoms. The Bertz CT molecular complexity index is 481. The summed E-state index contributed by atoms with van der Waals surface area (Å²) in [6.07, 6.45) is 5.91. The van der Waals surface area contributed by atoms with Crippen molar-refractivity contribution in [3.8, 4) is 0 Å². The van der Waals surface area contributed by atoms with Gasteiger partial charge in [-0.05, 0) is 36.8 Å². The van der Waals surface area contributed by atoms with Gasteiger partial charge in [-0.1, -0.05) is 25.8 Å². The number of hydrogen-bond acceptors (Lipinski definition) is 2. The fourth-order valence-corrected chi connectivity index (χ4v) is 3.11. The zero-order chi connectivity index (χ0) is 14.6. The van der Waals surface area contributed by atoms with Crippen LogP contribution in [0, 0.1) is 11.2 Å². The van der Waals surface area contributed by atoms with Crippen molar-refractivity contribution in [1.29, 1.82) is 0 Å². The van der Waals surface area contributed by atoms with E-state index in [-0.39, 0.29) is 17.0 Å². The Morgan fingerprint density at radius 2 is 2.05 bits per heavy atom. The van der Waals surface area contributed by atoms with Crippen LogP contribution >= 0.6 is 0 Å². The van der Waals surface area contributed by atoms with E-state index in [0.717, 1.165) is 6.42 Å². The summed E-state index contributed by atoms with van der Waals surface area (Å²) in [5, 5.41) is 5.75. The molecule has 0 unspecified atom stereocenters. The number of carbonyl (C=O) groups excluding carboxylic acids is 1. The predicted molar refractivity (Wildman–Crippen MR) is 79.5 cm³/mol. The molecule has 0 aromatic heterocycles. The van der Waals surface area contributed by atoms with Gasteiger partial charge in [0.15, 0.2) is 0 Å². The van der Waals surface area contributed by atoms with Crippen molar-refractivity contribution in [1.82, 2.24) is 5.32 Å². The molecule has 2 rings (SSSR count). The molecule has 4 heteroatoms. The topological polar surface area (TPSA) is 41.1 Å². The minimum atomic E-state index is -0.397. The molecular weight excluding hydrogens is 255 g/mol. The van der Waals surface area contributed by atoms with Gasteiger partial charge in [-0.15, -0.1) is 0 Å². The van der Waals surface area contributed by atoms with E-state index in [2.05, 4.69) is 17.6 Å². The van der Waals surface area contributed by atoms with Crippen molar-refractivity contribution in [2.75, 3.05) is 18.9 Å². The second kappa shape index (κ2) is 6.25. The van der Waals surface area contributed by atoms with Gasteiger partial charge >= 0.3 is 0 Å². The first-order valence-electron chi connectivity index (χ1n) is 7.36.